The van der Waals surface area contributed by atoms with Crippen molar-refractivity contribution in [2.45, 2.75) is 65.2 Å². The van der Waals surface area contributed by atoms with Crippen LogP contribution in [0.4, 0.5) is 0 Å². The summed E-state index contributed by atoms with van der Waals surface area (Å²) in [6.45, 7) is 11.4. The van der Waals surface area contributed by atoms with Crippen LogP contribution in [-0.2, 0) is 9.84 Å². The van der Waals surface area contributed by atoms with Crippen LogP contribution in [0.3, 0.4) is 0 Å². The maximum Gasteiger partial charge on any atom is 0.155 e. The maximum atomic E-state index is 12.6. The van der Waals surface area contributed by atoms with E-state index in [1.165, 1.54) is 0 Å². The van der Waals surface area contributed by atoms with E-state index in [0.29, 0.717) is 11.7 Å². The molecule has 1 fully saturated rings. The average molecular weight is 289 g/mol. The van der Waals surface area contributed by atoms with Gasteiger partial charge in [0.2, 0.25) is 0 Å². The van der Waals surface area contributed by atoms with Crippen LogP contribution in [0, 0.1) is 17.8 Å². The summed E-state index contributed by atoms with van der Waals surface area (Å²) >= 11 is 0. The SMILES string of the molecule is CCCNC1CC(C)CC(C)C1S(=O)(=O)CC(C)C. The molecule has 1 aliphatic rings. The highest BCUT2D eigenvalue weighted by atomic mass is 32.2. The van der Waals surface area contributed by atoms with Crippen LogP contribution in [0.5, 0.6) is 0 Å². The van der Waals surface area contributed by atoms with Crippen molar-refractivity contribution < 1.29 is 8.42 Å². The van der Waals surface area contributed by atoms with E-state index in [1.54, 1.807) is 0 Å². The van der Waals surface area contributed by atoms with E-state index in [0.717, 1.165) is 25.8 Å². The molecule has 114 valence electrons. The Bertz CT molecular complexity index is 364. The summed E-state index contributed by atoms with van der Waals surface area (Å²) in [6, 6.07) is 0.141. The van der Waals surface area contributed by atoms with Crippen molar-refractivity contribution in [2.24, 2.45) is 17.8 Å². The summed E-state index contributed by atoms with van der Waals surface area (Å²) in [5.41, 5.74) is 0. The van der Waals surface area contributed by atoms with Gasteiger partial charge < -0.3 is 5.32 Å². The molecule has 0 spiro atoms. The number of hydrogen-bond acceptors (Lipinski definition) is 3. The molecule has 0 amide bonds. The molecule has 0 bridgehead atoms. The Labute approximate surface area is 119 Å². The smallest absolute Gasteiger partial charge is 0.155 e. The normalized spacial score (nSPS) is 32.7. The molecule has 1 N–H and O–H groups in total. The fraction of sp³-hybridized carbons (Fsp3) is 1.00. The quantitative estimate of drug-likeness (QED) is 0.818. The van der Waals surface area contributed by atoms with Crippen molar-refractivity contribution in [3.05, 3.63) is 0 Å². The van der Waals surface area contributed by atoms with Crippen LogP contribution in [0.15, 0.2) is 0 Å². The molecular formula is C15H31NO2S. The molecule has 0 heterocycles. The highest BCUT2D eigenvalue weighted by Crippen LogP contribution is 2.34. The highest BCUT2D eigenvalue weighted by molar-refractivity contribution is 7.92. The predicted octanol–water partition coefficient (Wildman–Crippen LogP) is 2.86. The first kappa shape index (κ1) is 17.0. The summed E-state index contributed by atoms with van der Waals surface area (Å²) < 4.78 is 25.3. The Morgan fingerprint density at radius 2 is 1.84 bits per heavy atom. The molecule has 0 aliphatic heterocycles. The summed E-state index contributed by atoms with van der Waals surface area (Å²) in [4.78, 5) is 0. The minimum absolute atomic E-state index is 0.141. The molecule has 4 heteroatoms. The van der Waals surface area contributed by atoms with Crippen molar-refractivity contribution in [3.8, 4) is 0 Å². The maximum absolute atomic E-state index is 12.6. The molecule has 1 saturated carbocycles. The molecule has 1 aliphatic carbocycles. The number of nitrogens with one attached hydrogen (secondary N) is 1. The fourth-order valence-corrected chi connectivity index (χ4v) is 6.22. The summed E-state index contributed by atoms with van der Waals surface area (Å²) in [7, 11) is -3.00. The van der Waals surface area contributed by atoms with Gasteiger partial charge in [0.1, 0.15) is 0 Å². The molecule has 0 saturated heterocycles. The van der Waals surface area contributed by atoms with Gasteiger partial charge in [-0.3, -0.25) is 0 Å². The minimum Gasteiger partial charge on any atom is -0.313 e. The second-order valence-corrected chi connectivity index (χ2v) is 9.01. The second-order valence-electron chi connectivity index (χ2n) is 6.80. The van der Waals surface area contributed by atoms with E-state index in [2.05, 4.69) is 26.1 Å². The number of sulfone groups is 1. The highest BCUT2D eigenvalue weighted by Gasteiger charge is 2.41. The van der Waals surface area contributed by atoms with Crippen molar-refractivity contribution in [2.75, 3.05) is 12.3 Å². The van der Waals surface area contributed by atoms with Crippen LogP contribution in [0.1, 0.15) is 53.9 Å². The van der Waals surface area contributed by atoms with Gasteiger partial charge in [0.05, 0.1) is 11.0 Å². The third-order valence-corrected chi connectivity index (χ3v) is 6.78. The molecule has 0 aromatic carbocycles. The molecule has 4 unspecified atom stereocenters. The molecule has 19 heavy (non-hydrogen) atoms. The zero-order valence-corrected chi connectivity index (χ0v) is 14.0. The summed E-state index contributed by atoms with van der Waals surface area (Å²) in [5.74, 6) is 1.42. The zero-order chi connectivity index (χ0) is 14.6. The topological polar surface area (TPSA) is 46.2 Å². The molecule has 0 radical (unpaired) electrons. The van der Waals surface area contributed by atoms with Gasteiger partial charge in [0, 0.05) is 6.04 Å². The lowest BCUT2D eigenvalue weighted by atomic mass is 9.80. The monoisotopic (exact) mass is 289 g/mol. The molecule has 0 aromatic rings. The van der Waals surface area contributed by atoms with Gasteiger partial charge in [-0.15, -0.1) is 0 Å². The van der Waals surface area contributed by atoms with Crippen molar-refractivity contribution in [1.82, 2.24) is 5.32 Å². The lowest BCUT2D eigenvalue weighted by Gasteiger charge is -2.40. The fourth-order valence-electron chi connectivity index (χ4n) is 3.54. The van der Waals surface area contributed by atoms with E-state index >= 15 is 0 Å². The van der Waals surface area contributed by atoms with Crippen LogP contribution >= 0.6 is 0 Å². The van der Waals surface area contributed by atoms with Crippen LogP contribution in [0.2, 0.25) is 0 Å². The lowest BCUT2D eigenvalue weighted by Crippen LogP contribution is -2.52. The Morgan fingerprint density at radius 3 is 2.37 bits per heavy atom. The molecule has 0 aromatic heterocycles. The summed E-state index contributed by atoms with van der Waals surface area (Å²) in [6.07, 6.45) is 3.08. The van der Waals surface area contributed by atoms with Gasteiger partial charge in [0.25, 0.3) is 0 Å². The van der Waals surface area contributed by atoms with Crippen LogP contribution in [0.25, 0.3) is 0 Å². The second kappa shape index (κ2) is 7.07. The Hall–Kier alpha value is -0.0900. The molecule has 3 nitrogen and oxygen atoms in total. The molecule has 1 rings (SSSR count). The van der Waals surface area contributed by atoms with Gasteiger partial charge in [-0.25, -0.2) is 8.42 Å². The van der Waals surface area contributed by atoms with E-state index in [-0.39, 0.29) is 23.1 Å². The number of rotatable bonds is 6. The zero-order valence-electron chi connectivity index (χ0n) is 13.1. The third-order valence-electron chi connectivity index (χ3n) is 4.02. The van der Waals surface area contributed by atoms with Crippen LogP contribution < -0.4 is 5.32 Å². The van der Waals surface area contributed by atoms with Crippen molar-refractivity contribution >= 4 is 9.84 Å². The van der Waals surface area contributed by atoms with Crippen molar-refractivity contribution in [1.29, 1.82) is 0 Å². The lowest BCUT2D eigenvalue weighted by molar-refractivity contribution is 0.241. The van der Waals surface area contributed by atoms with E-state index in [1.807, 2.05) is 13.8 Å². The standard InChI is InChI=1S/C15H31NO2S/c1-6-7-16-14-9-12(4)8-13(5)15(14)19(17,18)10-11(2)3/h11-16H,6-10H2,1-5H3. The predicted molar refractivity (Wildman–Crippen MR) is 82.1 cm³/mol. The average Bonchev–Trinajstić information content (AvgIpc) is 2.22. The Kier molecular flexibility index (Phi) is 6.31. The van der Waals surface area contributed by atoms with Gasteiger partial charge in [-0.2, -0.15) is 0 Å². The summed E-state index contributed by atoms with van der Waals surface area (Å²) in [5, 5.41) is 3.29. The van der Waals surface area contributed by atoms with E-state index in [9.17, 15) is 8.42 Å². The molecular weight excluding hydrogens is 258 g/mol. The Balaban J connectivity index is 2.90. The van der Waals surface area contributed by atoms with E-state index < -0.39 is 9.84 Å². The van der Waals surface area contributed by atoms with Gasteiger partial charge in [0.15, 0.2) is 9.84 Å². The van der Waals surface area contributed by atoms with E-state index in [4.69, 9.17) is 0 Å². The van der Waals surface area contributed by atoms with Crippen LogP contribution in [-0.4, -0.2) is 32.0 Å². The third kappa shape index (κ3) is 4.75. The van der Waals surface area contributed by atoms with Crippen molar-refractivity contribution in [3.63, 3.8) is 0 Å². The minimum atomic E-state index is -3.00. The van der Waals surface area contributed by atoms with Gasteiger partial charge in [-0.05, 0) is 43.6 Å². The first-order valence-corrected chi connectivity index (χ1v) is 9.44. The largest absolute Gasteiger partial charge is 0.313 e. The molecule has 4 atom stereocenters. The van der Waals surface area contributed by atoms with Gasteiger partial charge >= 0.3 is 0 Å². The van der Waals surface area contributed by atoms with Gasteiger partial charge in [-0.1, -0.05) is 34.6 Å². The first-order chi connectivity index (χ1) is 8.77. The Morgan fingerprint density at radius 1 is 1.21 bits per heavy atom. The number of hydrogen-bond donors (Lipinski definition) is 1. The first-order valence-electron chi connectivity index (χ1n) is 7.72.